The maximum absolute atomic E-state index is 13.9. The molecule has 0 aliphatic carbocycles. The Morgan fingerprint density at radius 2 is 2.05 bits per heavy atom. The molecular formula is C15H22ClFN2O. The highest BCUT2D eigenvalue weighted by Gasteiger charge is 2.36. The summed E-state index contributed by atoms with van der Waals surface area (Å²) in [6.45, 7) is 4.82. The van der Waals surface area contributed by atoms with Gasteiger partial charge in [0.1, 0.15) is 5.82 Å². The minimum atomic E-state index is -0.859. The number of carbonyl (C=O) groups excluding carboxylic acids is 1. The number of carbonyl (C=O) groups is 1. The van der Waals surface area contributed by atoms with Crippen molar-refractivity contribution in [3.8, 4) is 0 Å². The third-order valence-corrected chi connectivity index (χ3v) is 3.83. The molecule has 1 aliphatic rings. The van der Waals surface area contributed by atoms with E-state index in [2.05, 4.69) is 0 Å². The van der Waals surface area contributed by atoms with Gasteiger partial charge in [-0.15, -0.1) is 12.4 Å². The molecule has 2 N–H and O–H groups in total. The Hall–Kier alpha value is -1.13. The molecule has 0 saturated carbocycles. The Labute approximate surface area is 125 Å². The molecule has 0 bridgehead atoms. The van der Waals surface area contributed by atoms with Gasteiger partial charge in [0, 0.05) is 24.7 Å². The summed E-state index contributed by atoms with van der Waals surface area (Å²) in [6.07, 6.45) is 1.87. The number of amides is 1. The van der Waals surface area contributed by atoms with Crippen LogP contribution in [-0.2, 0) is 10.2 Å². The summed E-state index contributed by atoms with van der Waals surface area (Å²) in [5, 5.41) is 0. The molecule has 1 fully saturated rings. The minimum Gasteiger partial charge on any atom is -0.340 e. The summed E-state index contributed by atoms with van der Waals surface area (Å²) in [4.78, 5) is 14.4. The van der Waals surface area contributed by atoms with Crippen molar-refractivity contribution in [2.75, 3.05) is 13.1 Å². The van der Waals surface area contributed by atoms with E-state index < -0.39 is 5.41 Å². The molecule has 1 heterocycles. The fourth-order valence-electron chi connectivity index (χ4n) is 2.67. The van der Waals surface area contributed by atoms with Crippen molar-refractivity contribution in [2.45, 2.75) is 38.1 Å². The van der Waals surface area contributed by atoms with Gasteiger partial charge in [0.25, 0.3) is 0 Å². The lowest BCUT2D eigenvalue weighted by Gasteiger charge is -2.36. The zero-order valence-electron chi connectivity index (χ0n) is 11.9. The van der Waals surface area contributed by atoms with E-state index in [0.29, 0.717) is 18.7 Å². The summed E-state index contributed by atoms with van der Waals surface area (Å²) in [5.74, 6) is -0.380. The monoisotopic (exact) mass is 300 g/mol. The lowest BCUT2D eigenvalue weighted by Crippen LogP contribution is -2.51. The molecule has 1 aromatic carbocycles. The van der Waals surface area contributed by atoms with E-state index in [1.165, 1.54) is 6.07 Å². The number of nitrogens with zero attached hydrogens (tertiary/aromatic N) is 1. The van der Waals surface area contributed by atoms with Crippen molar-refractivity contribution in [3.63, 3.8) is 0 Å². The number of piperidine rings is 1. The molecule has 1 saturated heterocycles. The highest BCUT2D eigenvalue weighted by atomic mass is 35.5. The van der Waals surface area contributed by atoms with Gasteiger partial charge in [0.2, 0.25) is 5.91 Å². The predicted molar refractivity (Wildman–Crippen MR) is 80.5 cm³/mol. The van der Waals surface area contributed by atoms with Crippen LogP contribution in [0, 0.1) is 5.82 Å². The fourth-order valence-corrected chi connectivity index (χ4v) is 2.67. The maximum atomic E-state index is 13.9. The zero-order valence-corrected chi connectivity index (χ0v) is 12.8. The molecule has 112 valence electrons. The first-order valence-corrected chi connectivity index (χ1v) is 6.73. The van der Waals surface area contributed by atoms with E-state index in [-0.39, 0.29) is 30.2 Å². The highest BCUT2D eigenvalue weighted by molar-refractivity contribution is 5.87. The van der Waals surface area contributed by atoms with E-state index >= 15 is 0 Å². The van der Waals surface area contributed by atoms with Crippen LogP contribution in [0.2, 0.25) is 0 Å². The van der Waals surface area contributed by atoms with Gasteiger partial charge in [-0.05, 0) is 32.8 Å². The second-order valence-corrected chi connectivity index (χ2v) is 5.76. The summed E-state index contributed by atoms with van der Waals surface area (Å²) >= 11 is 0. The van der Waals surface area contributed by atoms with Crippen LogP contribution in [0.4, 0.5) is 4.39 Å². The molecule has 1 atom stereocenters. The Morgan fingerprint density at radius 1 is 1.40 bits per heavy atom. The van der Waals surface area contributed by atoms with Crippen LogP contribution >= 0.6 is 12.4 Å². The first-order chi connectivity index (χ1) is 8.93. The van der Waals surface area contributed by atoms with Crippen molar-refractivity contribution >= 4 is 18.3 Å². The Morgan fingerprint density at radius 3 is 2.65 bits per heavy atom. The molecule has 0 radical (unpaired) electrons. The van der Waals surface area contributed by atoms with Crippen LogP contribution in [-0.4, -0.2) is 29.9 Å². The third kappa shape index (κ3) is 3.30. The molecule has 1 aliphatic heterocycles. The van der Waals surface area contributed by atoms with Gasteiger partial charge in [-0.25, -0.2) is 4.39 Å². The molecule has 2 rings (SSSR count). The number of hydrogen-bond acceptors (Lipinski definition) is 2. The van der Waals surface area contributed by atoms with E-state index in [0.717, 1.165) is 12.8 Å². The molecule has 1 unspecified atom stereocenters. The number of likely N-dealkylation sites (tertiary alicyclic amines) is 1. The average molecular weight is 301 g/mol. The van der Waals surface area contributed by atoms with Crippen molar-refractivity contribution in [3.05, 3.63) is 35.6 Å². The number of halogens is 2. The second kappa shape index (κ2) is 6.55. The van der Waals surface area contributed by atoms with Crippen molar-refractivity contribution < 1.29 is 9.18 Å². The lowest BCUT2D eigenvalue weighted by atomic mass is 9.82. The standard InChI is InChI=1S/C15H21FN2O.ClH/c1-15(2,12-7-3-4-8-13(12)16)14(19)18-9-5-6-11(17)10-18;/h3-4,7-8,11H,5-6,9-10,17H2,1-2H3;1H. The van der Waals surface area contributed by atoms with Gasteiger partial charge in [0.05, 0.1) is 5.41 Å². The van der Waals surface area contributed by atoms with Gasteiger partial charge in [-0.1, -0.05) is 18.2 Å². The minimum absolute atomic E-state index is 0. The normalized spacial score (nSPS) is 19.4. The smallest absolute Gasteiger partial charge is 0.232 e. The van der Waals surface area contributed by atoms with Crippen molar-refractivity contribution in [1.82, 2.24) is 4.90 Å². The van der Waals surface area contributed by atoms with Gasteiger partial charge in [0.15, 0.2) is 0 Å². The fraction of sp³-hybridized carbons (Fsp3) is 0.533. The van der Waals surface area contributed by atoms with Crippen LogP contribution in [0.25, 0.3) is 0 Å². The van der Waals surface area contributed by atoms with Crippen molar-refractivity contribution in [1.29, 1.82) is 0 Å². The molecule has 1 amide bonds. The number of hydrogen-bond donors (Lipinski definition) is 1. The number of rotatable bonds is 2. The van der Waals surface area contributed by atoms with Crippen LogP contribution in [0.15, 0.2) is 24.3 Å². The molecular weight excluding hydrogens is 279 g/mol. The first kappa shape index (κ1) is 16.9. The quantitative estimate of drug-likeness (QED) is 0.912. The maximum Gasteiger partial charge on any atom is 0.232 e. The van der Waals surface area contributed by atoms with Crippen LogP contribution in [0.1, 0.15) is 32.3 Å². The molecule has 0 aromatic heterocycles. The second-order valence-electron chi connectivity index (χ2n) is 5.76. The summed E-state index contributed by atoms with van der Waals surface area (Å²) in [7, 11) is 0. The third-order valence-electron chi connectivity index (χ3n) is 3.83. The molecule has 20 heavy (non-hydrogen) atoms. The largest absolute Gasteiger partial charge is 0.340 e. The topological polar surface area (TPSA) is 46.3 Å². The number of benzene rings is 1. The van der Waals surface area contributed by atoms with E-state index in [1.54, 1.807) is 36.9 Å². The van der Waals surface area contributed by atoms with Crippen LogP contribution in [0.5, 0.6) is 0 Å². The lowest BCUT2D eigenvalue weighted by molar-refractivity contribution is -0.137. The summed E-state index contributed by atoms with van der Waals surface area (Å²) in [5.41, 5.74) is 5.49. The average Bonchev–Trinajstić information content (AvgIpc) is 2.38. The molecule has 0 spiro atoms. The van der Waals surface area contributed by atoms with Gasteiger partial charge in [-0.3, -0.25) is 4.79 Å². The van der Waals surface area contributed by atoms with E-state index in [1.807, 2.05) is 0 Å². The van der Waals surface area contributed by atoms with Crippen LogP contribution in [0.3, 0.4) is 0 Å². The highest BCUT2D eigenvalue weighted by Crippen LogP contribution is 2.29. The first-order valence-electron chi connectivity index (χ1n) is 6.73. The SMILES string of the molecule is CC(C)(C(=O)N1CCCC(N)C1)c1ccccc1F.Cl. The van der Waals surface area contributed by atoms with Crippen molar-refractivity contribution in [2.24, 2.45) is 5.73 Å². The van der Waals surface area contributed by atoms with Crippen LogP contribution < -0.4 is 5.73 Å². The Kier molecular flexibility index (Phi) is 5.54. The van der Waals surface area contributed by atoms with E-state index in [9.17, 15) is 9.18 Å². The molecule has 5 heteroatoms. The predicted octanol–water partition coefficient (Wildman–Crippen LogP) is 2.47. The zero-order chi connectivity index (χ0) is 14.0. The Bertz CT molecular complexity index is 479. The summed E-state index contributed by atoms with van der Waals surface area (Å²) in [6, 6.07) is 6.50. The van der Waals surface area contributed by atoms with Gasteiger partial charge in [-0.2, -0.15) is 0 Å². The molecule has 3 nitrogen and oxygen atoms in total. The number of nitrogens with two attached hydrogens (primary N) is 1. The van der Waals surface area contributed by atoms with Gasteiger partial charge >= 0.3 is 0 Å². The van der Waals surface area contributed by atoms with Gasteiger partial charge < -0.3 is 10.6 Å². The molecule has 1 aromatic rings. The summed E-state index contributed by atoms with van der Waals surface area (Å²) < 4.78 is 13.9. The Balaban J connectivity index is 0.00000200. The van der Waals surface area contributed by atoms with E-state index in [4.69, 9.17) is 5.73 Å².